The summed E-state index contributed by atoms with van der Waals surface area (Å²) in [6.45, 7) is 0. The molecule has 0 amide bonds. The zero-order valence-electron chi connectivity index (χ0n) is 20.6. The van der Waals surface area contributed by atoms with Gasteiger partial charge in [-0.05, 0) is 91.5 Å². The van der Waals surface area contributed by atoms with Gasteiger partial charge in [0.1, 0.15) is 0 Å². The minimum Gasteiger partial charge on any atom is -0.355 e. The van der Waals surface area contributed by atoms with Crippen molar-refractivity contribution >= 4 is 60.2 Å². The van der Waals surface area contributed by atoms with Crippen LogP contribution in [0, 0.1) is 0 Å². The quantitative estimate of drug-likeness (QED) is 0.203. The molecule has 0 saturated heterocycles. The summed E-state index contributed by atoms with van der Waals surface area (Å²) in [6.07, 6.45) is 2.02. The van der Waals surface area contributed by atoms with Crippen LogP contribution in [0.5, 0.6) is 0 Å². The van der Waals surface area contributed by atoms with Crippen molar-refractivity contribution < 1.29 is 0 Å². The smallest absolute Gasteiger partial charge is 0.0610 e. The van der Waals surface area contributed by atoms with Crippen LogP contribution in [0.1, 0.15) is 5.56 Å². The van der Waals surface area contributed by atoms with Gasteiger partial charge in [0.15, 0.2) is 0 Å². The van der Waals surface area contributed by atoms with Gasteiger partial charge in [0.25, 0.3) is 0 Å². The maximum absolute atomic E-state index is 3.39. The number of nitrogens with zero attached hydrogens (tertiary/aromatic N) is 1. The fourth-order valence-corrected chi connectivity index (χ4v) is 4.86. The Bertz CT molecular complexity index is 1640. The number of benzene rings is 5. The minimum absolute atomic E-state index is 0.923. The molecule has 5 aromatic carbocycles. The van der Waals surface area contributed by atoms with Crippen molar-refractivity contribution in [2.24, 2.45) is 0 Å². The van der Waals surface area contributed by atoms with Gasteiger partial charge in [-0.3, -0.25) is 0 Å². The van der Waals surface area contributed by atoms with Crippen molar-refractivity contribution in [3.8, 4) is 16.9 Å². The van der Waals surface area contributed by atoms with Gasteiger partial charge in [-0.1, -0.05) is 103 Å². The van der Waals surface area contributed by atoms with E-state index in [9.17, 15) is 0 Å². The van der Waals surface area contributed by atoms with E-state index in [4.69, 9.17) is 0 Å². The highest BCUT2D eigenvalue weighted by atomic mass is 79.9. The first-order valence-electron chi connectivity index (χ1n) is 12.3. The second-order valence-electron chi connectivity index (χ2n) is 8.64. The van der Waals surface area contributed by atoms with Crippen molar-refractivity contribution in [3.63, 3.8) is 0 Å². The number of hydrogen-bond acceptors (Lipinski definition) is 1. The van der Waals surface area contributed by atoms with E-state index in [1.165, 1.54) is 27.8 Å². The Morgan fingerprint density at radius 2 is 1.18 bits per heavy atom. The zero-order valence-corrected chi connectivity index (χ0v) is 23.8. The number of hydrogen-bond donors (Lipinski definition) is 1. The lowest BCUT2D eigenvalue weighted by Gasteiger charge is -2.11. The van der Waals surface area contributed by atoms with Gasteiger partial charge in [-0.15, -0.1) is 0 Å². The summed E-state index contributed by atoms with van der Waals surface area (Å²) in [5.74, 6) is 0. The SMILES string of the molecule is BrC(Br)=Cc1ccccc1Nc1ccccc1.c1ccc(-c2cc3ccccc3n2-c2ccccc2)cc1. The summed E-state index contributed by atoms with van der Waals surface area (Å²) in [4.78, 5) is 0. The molecule has 4 heteroatoms. The molecular weight excluding hydrogens is 596 g/mol. The molecule has 0 aliphatic heterocycles. The number of fused-ring (bicyclic) bond motifs is 1. The lowest BCUT2D eigenvalue weighted by molar-refractivity contribution is 1.13. The van der Waals surface area contributed by atoms with Gasteiger partial charge in [0.05, 0.1) is 14.6 Å². The molecule has 0 aliphatic rings. The van der Waals surface area contributed by atoms with Gasteiger partial charge >= 0.3 is 0 Å². The molecular formula is C34H26Br2N2. The van der Waals surface area contributed by atoms with Crippen molar-refractivity contribution in [2.45, 2.75) is 0 Å². The van der Waals surface area contributed by atoms with E-state index >= 15 is 0 Å². The van der Waals surface area contributed by atoms with Crippen molar-refractivity contribution in [1.29, 1.82) is 0 Å². The van der Waals surface area contributed by atoms with E-state index in [0.717, 1.165) is 20.3 Å². The Balaban J connectivity index is 0.000000159. The first-order chi connectivity index (χ1) is 18.7. The molecule has 38 heavy (non-hydrogen) atoms. The molecule has 6 aromatic rings. The van der Waals surface area contributed by atoms with Crippen molar-refractivity contribution in [1.82, 2.24) is 4.57 Å². The molecule has 0 unspecified atom stereocenters. The third-order valence-electron chi connectivity index (χ3n) is 6.07. The van der Waals surface area contributed by atoms with Gasteiger partial charge < -0.3 is 9.88 Å². The van der Waals surface area contributed by atoms with Gasteiger partial charge in [-0.2, -0.15) is 0 Å². The third-order valence-corrected chi connectivity index (χ3v) is 6.53. The highest BCUT2D eigenvalue weighted by molar-refractivity contribution is 9.28. The average molecular weight is 622 g/mol. The second-order valence-corrected chi connectivity index (χ2v) is 11.4. The molecule has 2 nitrogen and oxygen atoms in total. The number of rotatable bonds is 5. The molecule has 0 atom stereocenters. The summed E-state index contributed by atoms with van der Waals surface area (Å²) in [5, 5.41) is 4.66. The number of halogens is 2. The van der Waals surface area contributed by atoms with Crippen LogP contribution in [0.15, 0.2) is 149 Å². The molecule has 1 N–H and O–H groups in total. The summed E-state index contributed by atoms with van der Waals surface area (Å²) in [5.41, 5.74) is 8.18. The van der Waals surface area contributed by atoms with E-state index in [0.29, 0.717) is 0 Å². The predicted molar refractivity (Wildman–Crippen MR) is 171 cm³/mol. The fourth-order valence-electron chi connectivity index (χ4n) is 4.36. The number of aromatic nitrogens is 1. The van der Waals surface area contributed by atoms with Crippen LogP contribution in [0.25, 0.3) is 33.9 Å². The molecule has 0 aliphatic carbocycles. The molecule has 186 valence electrons. The van der Waals surface area contributed by atoms with E-state index < -0.39 is 0 Å². The zero-order chi connectivity index (χ0) is 26.2. The van der Waals surface area contributed by atoms with Crippen LogP contribution in [-0.2, 0) is 0 Å². The Kier molecular flexibility index (Phi) is 8.54. The monoisotopic (exact) mass is 620 g/mol. The fraction of sp³-hybridized carbons (Fsp3) is 0. The van der Waals surface area contributed by atoms with Crippen LogP contribution < -0.4 is 5.32 Å². The first-order valence-corrected chi connectivity index (χ1v) is 13.9. The van der Waals surface area contributed by atoms with Crippen molar-refractivity contribution in [3.05, 3.63) is 155 Å². The molecule has 0 radical (unpaired) electrons. The van der Waals surface area contributed by atoms with E-state index in [1.807, 2.05) is 48.5 Å². The average Bonchev–Trinajstić information content (AvgIpc) is 3.36. The van der Waals surface area contributed by atoms with Crippen LogP contribution in [0.3, 0.4) is 0 Å². The molecule has 0 spiro atoms. The summed E-state index contributed by atoms with van der Waals surface area (Å²) in [6, 6.07) is 50.1. The summed E-state index contributed by atoms with van der Waals surface area (Å²) in [7, 11) is 0. The summed E-state index contributed by atoms with van der Waals surface area (Å²) >= 11 is 6.76. The minimum atomic E-state index is 0.923. The van der Waals surface area contributed by atoms with E-state index in [-0.39, 0.29) is 0 Å². The Morgan fingerprint density at radius 3 is 1.89 bits per heavy atom. The van der Waals surface area contributed by atoms with Crippen LogP contribution in [0.4, 0.5) is 11.4 Å². The highest BCUT2D eigenvalue weighted by Crippen LogP contribution is 2.31. The first kappa shape index (κ1) is 25.8. The number of anilines is 2. The Morgan fingerprint density at radius 1 is 0.605 bits per heavy atom. The lowest BCUT2D eigenvalue weighted by atomic mass is 10.1. The van der Waals surface area contributed by atoms with Gasteiger partial charge in [-0.25, -0.2) is 0 Å². The maximum atomic E-state index is 3.39. The van der Waals surface area contributed by atoms with Crippen molar-refractivity contribution in [2.75, 3.05) is 5.32 Å². The Labute approximate surface area is 240 Å². The topological polar surface area (TPSA) is 17.0 Å². The number of nitrogens with one attached hydrogen (secondary N) is 1. The number of para-hydroxylation sites is 4. The molecule has 0 fully saturated rings. The molecule has 0 bridgehead atoms. The predicted octanol–water partition coefficient (Wildman–Crippen LogP) is 10.8. The molecule has 1 heterocycles. The van der Waals surface area contributed by atoms with E-state index in [2.05, 4.69) is 145 Å². The van der Waals surface area contributed by atoms with Crippen LogP contribution >= 0.6 is 31.9 Å². The summed E-state index contributed by atoms with van der Waals surface area (Å²) < 4.78 is 3.25. The van der Waals surface area contributed by atoms with Gasteiger partial charge in [0, 0.05) is 22.4 Å². The van der Waals surface area contributed by atoms with Crippen LogP contribution in [0.2, 0.25) is 0 Å². The van der Waals surface area contributed by atoms with Gasteiger partial charge in [0.2, 0.25) is 0 Å². The lowest BCUT2D eigenvalue weighted by Crippen LogP contribution is -1.95. The standard InChI is InChI=1S/C20H15N.C14H11Br2N/c1-3-9-16(10-4-1)20-15-17-11-7-8-14-19(17)21(20)18-12-5-2-6-13-18;15-14(16)10-11-6-4-5-9-13(11)17-12-7-2-1-3-8-12/h1-15H;1-10,17H. The Hall–Kier alpha value is -3.86. The molecule has 6 rings (SSSR count). The largest absolute Gasteiger partial charge is 0.355 e. The van der Waals surface area contributed by atoms with E-state index in [1.54, 1.807) is 0 Å². The molecule has 0 saturated carbocycles. The molecule has 1 aromatic heterocycles. The maximum Gasteiger partial charge on any atom is 0.0610 e. The third kappa shape index (κ3) is 6.34. The highest BCUT2D eigenvalue weighted by Gasteiger charge is 2.11. The second kappa shape index (κ2) is 12.6. The van der Waals surface area contributed by atoms with Crippen LogP contribution in [-0.4, -0.2) is 4.57 Å². The normalized spacial score (nSPS) is 10.4.